The van der Waals surface area contributed by atoms with E-state index in [1.807, 2.05) is 0 Å². The van der Waals surface area contributed by atoms with Crippen molar-refractivity contribution in [2.45, 2.75) is 13.0 Å². The fraction of sp³-hybridized carbons (Fsp3) is 0.118. The zero-order chi connectivity index (χ0) is 17.7. The molecule has 3 N–H and O–H groups in total. The smallest absolute Gasteiger partial charge is 0.344 e. The van der Waals surface area contributed by atoms with E-state index in [0.29, 0.717) is 11.4 Å². The van der Waals surface area contributed by atoms with Gasteiger partial charge in [0.05, 0.1) is 5.69 Å². The average Bonchev–Trinajstić information content (AvgIpc) is 2.55. The average molecular weight is 329 g/mol. The van der Waals surface area contributed by atoms with E-state index in [2.05, 4.69) is 4.99 Å². The second kappa shape index (κ2) is 7.28. The van der Waals surface area contributed by atoms with E-state index in [4.69, 9.17) is 14.9 Å². The Balaban J connectivity index is 2.11. The summed E-state index contributed by atoms with van der Waals surface area (Å²) >= 11 is 0. The summed E-state index contributed by atoms with van der Waals surface area (Å²) in [5.74, 6) is -2.20. The van der Waals surface area contributed by atoms with Crippen LogP contribution in [0.15, 0.2) is 47.5 Å². The number of nitrogens with zero attached hydrogens (tertiary/aromatic N) is 1. The lowest BCUT2D eigenvalue weighted by Crippen LogP contribution is -2.22. The number of phenols is 1. The molecule has 0 saturated carbocycles. The molecule has 0 aliphatic heterocycles. The molecule has 0 unspecified atom stereocenters. The molecule has 0 aromatic heterocycles. The minimum absolute atomic E-state index is 0.226. The molecule has 1 atom stereocenters. The number of carbonyl (C=O) groups is 2. The molecule has 7 nitrogen and oxygen atoms in total. The van der Waals surface area contributed by atoms with E-state index in [1.54, 1.807) is 24.3 Å². The van der Waals surface area contributed by atoms with Crippen LogP contribution < -0.4 is 4.74 Å². The molecule has 124 valence electrons. The Morgan fingerprint density at radius 2 is 1.79 bits per heavy atom. The maximum Gasteiger partial charge on any atom is 0.344 e. The van der Waals surface area contributed by atoms with Crippen molar-refractivity contribution in [1.82, 2.24) is 0 Å². The summed E-state index contributed by atoms with van der Waals surface area (Å²) in [6.45, 7) is 1.43. The zero-order valence-corrected chi connectivity index (χ0v) is 12.7. The van der Waals surface area contributed by atoms with Crippen LogP contribution in [0, 0.1) is 0 Å². The van der Waals surface area contributed by atoms with Crippen molar-refractivity contribution in [1.29, 1.82) is 0 Å². The third-order valence-corrected chi connectivity index (χ3v) is 3.11. The number of ether oxygens (including phenoxy) is 1. The fourth-order valence-corrected chi connectivity index (χ4v) is 1.81. The van der Waals surface area contributed by atoms with Crippen LogP contribution >= 0.6 is 0 Å². The van der Waals surface area contributed by atoms with Crippen LogP contribution in [0.2, 0.25) is 0 Å². The van der Waals surface area contributed by atoms with Gasteiger partial charge in [-0.1, -0.05) is 0 Å². The highest BCUT2D eigenvalue weighted by Gasteiger charge is 2.12. The number of hydrogen-bond acceptors (Lipinski definition) is 5. The quantitative estimate of drug-likeness (QED) is 0.702. The Hall–Kier alpha value is -3.35. The molecule has 0 bridgehead atoms. The molecular weight excluding hydrogens is 314 g/mol. The molecule has 7 heteroatoms. The predicted molar refractivity (Wildman–Crippen MR) is 86.5 cm³/mol. The summed E-state index contributed by atoms with van der Waals surface area (Å²) < 4.78 is 5.21. The van der Waals surface area contributed by atoms with Crippen molar-refractivity contribution in [3.8, 4) is 11.5 Å². The number of aromatic carboxylic acids is 1. The molecule has 0 fully saturated rings. The van der Waals surface area contributed by atoms with Crippen molar-refractivity contribution < 1.29 is 29.6 Å². The van der Waals surface area contributed by atoms with E-state index < -0.39 is 18.0 Å². The number of carboxylic acids is 2. The van der Waals surface area contributed by atoms with Gasteiger partial charge in [-0.15, -0.1) is 0 Å². The van der Waals surface area contributed by atoms with Crippen molar-refractivity contribution in [3.05, 3.63) is 53.6 Å². The monoisotopic (exact) mass is 329 g/mol. The van der Waals surface area contributed by atoms with Gasteiger partial charge in [0.25, 0.3) is 0 Å². The van der Waals surface area contributed by atoms with Crippen molar-refractivity contribution in [2.75, 3.05) is 0 Å². The van der Waals surface area contributed by atoms with E-state index in [9.17, 15) is 14.7 Å². The first-order valence-corrected chi connectivity index (χ1v) is 6.96. The summed E-state index contributed by atoms with van der Waals surface area (Å²) in [5, 5.41) is 27.2. The molecule has 2 aromatic rings. The first-order chi connectivity index (χ1) is 11.4. The maximum atomic E-state index is 11.0. The van der Waals surface area contributed by atoms with Gasteiger partial charge in [0, 0.05) is 6.21 Å². The second-order valence-corrected chi connectivity index (χ2v) is 4.93. The first kappa shape index (κ1) is 17.0. The maximum absolute atomic E-state index is 11.0. The Kier molecular flexibility index (Phi) is 5.16. The minimum Gasteiger partial charge on any atom is -0.507 e. The molecule has 0 saturated heterocycles. The van der Waals surface area contributed by atoms with Crippen LogP contribution in [0.25, 0.3) is 0 Å². The van der Waals surface area contributed by atoms with Crippen LogP contribution in [0.1, 0.15) is 22.8 Å². The van der Waals surface area contributed by atoms with E-state index in [-0.39, 0.29) is 11.3 Å². The lowest BCUT2D eigenvalue weighted by atomic mass is 10.2. The summed E-state index contributed by atoms with van der Waals surface area (Å²) in [4.78, 5) is 25.8. The molecule has 0 aliphatic rings. The van der Waals surface area contributed by atoms with Gasteiger partial charge in [-0.3, -0.25) is 4.99 Å². The molecule has 0 radical (unpaired) electrons. The largest absolute Gasteiger partial charge is 0.507 e. The van der Waals surface area contributed by atoms with Crippen LogP contribution in [-0.4, -0.2) is 39.6 Å². The van der Waals surface area contributed by atoms with E-state index in [1.165, 1.54) is 31.3 Å². The number of carboxylic acid groups (broad SMARTS) is 2. The van der Waals surface area contributed by atoms with Gasteiger partial charge >= 0.3 is 11.9 Å². The number of aliphatic imine (C=N–C) groups is 1. The number of aliphatic carboxylic acids is 1. The standard InChI is InChI=1S/C17H15NO6/c1-10(16(20)21)24-13-5-2-11(3-6-13)9-18-12-4-7-15(19)14(8-12)17(22)23/h2-10,19H,1H3,(H,20,21)(H,22,23)/t10-/m1/s1. The fourth-order valence-electron chi connectivity index (χ4n) is 1.81. The molecule has 2 rings (SSSR count). The SMILES string of the molecule is C[C@@H](Oc1ccc(C=Nc2ccc(O)c(C(=O)O)c2)cc1)C(=O)O. The highest BCUT2D eigenvalue weighted by Crippen LogP contribution is 2.23. The van der Waals surface area contributed by atoms with Crippen LogP contribution in [0.4, 0.5) is 5.69 Å². The van der Waals surface area contributed by atoms with Gasteiger partial charge in [-0.2, -0.15) is 0 Å². The van der Waals surface area contributed by atoms with Crippen molar-refractivity contribution in [3.63, 3.8) is 0 Å². The van der Waals surface area contributed by atoms with Gasteiger partial charge in [-0.25, -0.2) is 9.59 Å². The second-order valence-electron chi connectivity index (χ2n) is 4.93. The summed E-state index contributed by atoms with van der Waals surface area (Å²) in [6, 6.07) is 10.6. The highest BCUT2D eigenvalue weighted by atomic mass is 16.5. The van der Waals surface area contributed by atoms with Gasteiger partial charge in [-0.05, 0) is 55.0 Å². The van der Waals surface area contributed by atoms with Crippen LogP contribution in [-0.2, 0) is 4.79 Å². The number of rotatable bonds is 6. The number of hydrogen-bond donors (Lipinski definition) is 3. The topological polar surface area (TPSA) is 116 Å². The Morgan fingerprint density at radius 1 is 1.12 bits per heavy atom. The van der Waals surface area contributed by atoms with Gasteiger partial charge < -0.3 is 20.1 Å². The summed E-state index contributed by atoms with van der Waals surface area (Å²) in [7, 11) is 0. The summed E-state index contributed by atoms with van der Waals surface area (Å²) in [5.41, 5.74) is 0.872. The molecule has 0 heterocycles. The third-order valence-electron chi connectivity index (χ3n) is 3.11. The van der Waals surface area contributed by atoms with Crippen molar-refractivity contribution >= 4 is 23.8 Å². The van der Waals surface area contributed by atoms with Crippen LogP contribution in [0.5, 0.6) is 11.5 Å². The highest BCUT2D eigenvalue weighted by molar-refractivity contribution is 5.92. The Morgan fingerprint density at radius 3 is 2.38 bits per heavy atom. The zero-order valence-electron chi connectivity index (χ0n) is 12.7. The molecule has 2 aromatic carbocycles. The Labute approximate surface area is 137 Å². The lowest BCUT2D eigenvalue weighted by Gasteiger charge is -2.09. The van der Waals surface area contributed by atoms with E-state index in [0.717, 1.165) is 5.56 Å². The first-order valence-electron chi connectivity index (χ1n) is 6.96. The van der Waals surface area contributed by atoms with Crippen LogP contribution in [0.3, 0.4) is 0 Å². The normalized spacial score (nSPS) is 12.0. The predicted octanol–water partition coefficient (Wildman–Crippen LogP) is 2.69. The molecule has 24 heavy (non-hydrogen) atoms. The van der Waals surface area contributed by atoms with Gasteiger partial charge in [0.2, 0.25) is 0 Å². The molecule has 0 spiro atoms. The van der Waals surface area contributed by atoms with Gasteiger partial charge in [0.1, 0.15) is 17.1 Å². The number of benzene rings is 2. The van der Waals surface area contributed by atoms with Gasteiger partial charge in [0.15, 0.2) is 6.10 Å². The molecule has 0 amide bonds. The molecule has 0 aliphatic carbocycles. The van der Waals surface area contributed by atoms with Crippen molar-refractivity contribution in [2.24, 2.45) is 4.99 Å². The lowest BCUT2D eigenvalue weighted by molar-refractivity contribution is -0.144. The molecular formula is C17H15NO6. The Bertz CT molecular complexity index is 782. The van der Waals surface area contributed by atoms with E-state index >= 15 is 0 Å². The number of aromatic hydroxyl groups is 1. The summed E-state index contributed by atoms with van der Waals surface area (Å²) in [6.07, 6.45) is 0.568. The minimum atomic E-state index is -1.24. The third kappa shape index (κ3) is 4.33.